The van der Waals surface area contributed by atoms with E-state index in [4.69, 9.17) is 23.2 Å². The van der Waals surface area contributed by atoms with Crippen LogP contribution in [0.15, 0.2) is 34.9 Å². The Hall–Kier alpha value is -2.04. The van der Waals surface area contributed by atoms with Crippen molar-refractivity contribution in [2.24, 2.45) is 7.05 Å². The number of anilines is 1. The molecule has 1 amide bonds. The third-order valence-corrected chi connectivity index (χ3v) is 5.00. The molecule has 3 rings (SSSR count). The van der Waals surface area contributed by atoms with Crippen molar-refractivity contribution < 1.29 is 18.0 Å². The number of aromatic nitrogens is 4. The highest BCUT2D eigenvalue weighted by molar-refractivity contribution is 9.10. The largest absolute Gasteiger partial charge is 0.435 e. The predicted octanol–water partition coefficient (Wildman–Crippen LogP) is 5.01. The summed E-state index contributed by atoms with van der Waals surface area (Å²) in [6.07, 6.45) is -3.03. The van der Waals surface area contributed by atoms with Gasteiger partial charge in [-0.15, -0.1) is 0 Å². The van der Waals surface area contributed by atoms with Gasteiger partial charge in [0, 0.05) is 19.3 Å². The Kier molecular flexibility index (Phi) is 5.74. The summed E-state index contributed by atoms with van der Waals surface area (Å²) in [6.45, 7) is 0.343. The standard InChI is InChI=1S/C16H11BrCl2F3N5O/c1-26-12(5-13(24-26)16(20,21)22)15(28)23-14-9(17)7-27(25-14)6-8-2-3-10(18)11(19)4-8/h2-5,7H,6H2,1H3,(H,23,25,28). The lowest BCUT2D eigenvalue weighted by Crippen LogP contribution is -2.17. The second-order valence-corrected chi connectivity index (χ2v) is 7.43. The van der Waals surface area contributed by atoms with Crippen LogP contribution in [0.2, 0.25) is 10.0 Å². The van der Waals surface area contributed by atoms with Crippen LogP contribution in [-0.2, 0) is 19.8 Å². The molecule has 0 saturated heterocycles. The highest BCUT2D eigenvalue weighted by atomic mass is 79.9. The lowest BCUT2D eigenvalue weighted by molar-refractivity contribution is -0.141. The van der Waals surface area contributed by atoms with Gasteiger partial charge in [-0.05, 0) is 33.6 Å². The number of carbonyl (C=O) groups is 1. The van der Waals surface area contributed by atoms with E-state index in [9.17, 15) is 18.0 Å². The van der Waals surface area contributed by atoms with Crippen LogP contribution >= 0.6 is 39.1 Å². The van der Waals surface area contributed by atoms with Gasteiger partial charge in [-0.25, -0.2) is 0 Å². The third kappa shape index (κ3) is 4.50. The van der Waals surface area contributed by atoms with Gasteiger partial charge < -0.3 is 5.32 Å². The smallest absolute Gasteiger partial charge is 0.303 e. The summed E-state index contributed by atoms with van der Waals surface area (Å²) >= 11 is 15.1. The molecule has 0 bridgehead atoms. The Labute approximate surface area is 175 Å². The van der Waals surface area contributed by atoms with Gasteiger partial charge in [0.2, 0.25) is 0 Å². The molecule has 2 heterocycles. The van der Waals surface area contributed by atoms with E-state index in [1.807, 2.05) is 0 Å². The van der Waals surface area contributed by atoms with Gasteiger partial charge in [0.25, 0.3) is 5.91 Å². The molecule has 0 saturated carbocycles. The summed E-state index contributed by atoms with van der Waals surface area (Å²) < 4.78 is 41.1. The monoisotopic (exact) mass is 495 g/mol. The first-order valence-corrected chi connectivity index (χ1v) is 9.19. The van der Waals surface area contributed by atoms with Gasteiger partial charge in [-0.2, -0.15) is 23.4 Å². The molecule has 6 nitrogen and oxygen atoms in total. The molecule has 28 heavy (non-hydrogen) atoms. The zero-order valence-electron chi connectivity index (χ0n) is 14.1. The van der Waals surface area contributed by atoms with Gasteiger partial charge in [-0.1, -0.05) is 29.3 Å². The molecule has 3 aromatic rings. The summed E-state index contributed by atoms with van der Waals surface area (Å²) in [5.41, 5.74) is -0.577. The number of amides is 1. The van der Waals surface area contributed by atoms with Gasteiger partial charge in [-0.3, -0.25) is 14.2 Å². The number of nitrogens with one attached hydrogen (secondary N) is 1. The Balaban J connectivity index is 1.77. The zero-order chi connectivity index (χ0) is 20.6. The lowest BCUT2D eigenvalue weighted by Gasteiger charge is -2.04. The van der Waals surface area contributed by atoms with Crippen molar-refractivity contribution in [3.8, 4) is 0 Å². The van der Waals surface area contributed by atoms with E-state index in [-0.39, 0.29) is 11.5 Å². The number of carbonyl (C=O) groups excluding carboxylic acids is 1. The topological polar surface area (TPSA) is 64.7 Å². The average molecular weight is 497 g/mol. The molecule has 1 aromatic carbocycles. The molecule has 0 atom stereocenters. The highest BCUT2D eigenvalue weighted by Gasteiger charge is 2.35. The molecule has 0 aliphatic rings. The fourth-order valence-corrected chi connectivity index (χ4v) is 3.11. The summed E-state index contributed by atoms with van der Waals surface area (Å²) in [7, 11) is 1.25. The number of nitrogens with zero attached hydrogens (tertiary/aromatic N) is 4. The van der Waals surface area contributed by atoms with E-state index < -0.39 is 17.8 Å². The summed E-state index contributed by atoms with van der Waals surface area (Å²) in [6, 6.07) is 5.79. The zero-order valence-corrected chi connectivity index (χ0v) is 17.2. The molecule has 0 unspecified atom stereocenters. The quantitative estimate of drug-likeness (QED) is 0.552. The van der Waals surface area contributed by atoms with Crippen LogP contribution in [-0.4, -0.2) is 25.5 Å². The minimum absolute atomic E-state index is 0.153. The van der Waals surface area contributed by atoms with Crippen molar-refractivity contribution in [2.45, 2.75) is 12.7 Å². The van der Waals surface area contributed by atoms with Crippen LogP contribution in [0.3, 0.4) is 0 Å². The van der Waals surface area contributed by atoms with Crippen molar-refractivity contribution in [3.63, 3.8) is 0 Å². The highest BCUT2D eigenvalue weighted by Crippen LogP contribution is 2.29. The summed E-state index contributed by atoms with van der Waals surface area (Å²) in [5.74, 6) is -0.620. The third-order valence-electron chi connectivity index (χ3n) is 3.68. The number of hydrogen-bond acceptors (Lipinski definition) is 3. The first-order valence-electron chi connectivity index (χ1n) is 7.64. The minimum atomic E-state index is -4.64. The average Bonchev–Trinajstić information content (AvgIpc) is 3.14. The van der Waals surface area contributed by atoms with Crippen LogP contribution in [0, 0.1) is 0 Å². The molecule has 0 aliphatic heterocycles. The maximum atomic E-state index is 12.8. The van der Waals surface area contributed by atoms with Crippen molar-refractivity contribution in [1.29, 1.82) is 0 Å². The van der Waals surface area contributed by atoms with Crippen LogP contribution < -0.4 is 5.32 Å². The molecule has 0 aliphatic carbocycles. The molecule has 0 fully saturated rings. The number of hydrogen-bond donors (Lipinski definition) is 1. The van der Waals surface area contributed by atoms with Gasteiger partial charge in [0.15, 0.2) is 11.5 Å². The molecular formula is C16H11BrCl2F3N5O. The number of aryl methyl sites for hydroxylation is 1. The molecule has 1 N–H and O–H groups in total. The molecule has 0 radical (unpaired) electrons. The molecule has 148 valence electrons. The van der Waals surface area contributed by atoms with Crippen LogP contribution in [0.5, 0.6) is 0 Å². The molecular weight excluding hydrogens is 486 g/mol. The van der Waals surface area contributed by atoms with E-state index in [0.717, 1.165) is 10.2 Å². The summed E-state index contributed by atoms with van der Waals surface area (Å²) in [4.78, 5) is 12.3. The van der Waals surface area contributed by atoms with E-state index in [0.29, 0.717) is 27.1 Å². The van der Waals surface area contributed by atoms with Crippen molar-refractivity contribution in [1.82, 2.24) is 19.6 Å². The van der Waals surface area contributed by atoms with Crippen molar-refractivity contribution in [2.75, 3.05) is 5.32 Å². The second kappa shape index (κ2) is 7.76. The van der Waals surface area contributed by atoms with E-state index >= 15 is 0 Å². The normalized spacial score (nSPS) is 11.7. The van der Waals surface area contributed by atoms with Gasteiger partial charge >= 0.3 is 6.18 Å². The Morgan fingerprint density at radius 1 is 1.21 bits per heavy atom. The number of alkyl halides is 3. The lowest BCUT2D eigenvalue weighted by atomic mass is 10.2. The summed E-state index contributed by atoms with van der Waals surface area (Å²) in [5, 5.41) is 10.8. The van der Waals surface area contributed by atoms with Crippen LogP contribution in [0.1, 0.15) is 21.7 Å². The second-order valence-electron chi connectivity index (χ2n) is 5.76. The molecule has 0 spiro atoms. The Bertz CT molecular complexity index is 1050. The number of rotatable bonds is 4. The van der Waals surface area contributed by atoms with E-state index in [1.54, 1.807) is 24.4 Å². The minimum Gasteiger partial charge on any atom is -0.303 e. The van der Waals surface area contributed by atoms with Crippen LogP contribution in [0.4, 0.5) is 19.0 Å². The van der Waals surface area contributed by atoms with Gasteiger partial charge in [0.1, 0.15) is 5.69 Å². The number of benzene rings is 1. The maximum Gasteiger partial charge on any atom is 0.435 e. The first kappa shape index (κ1) is 20.7. The van der Waals surface area contributed by atoms with Crippen LogP contribution in [0.25, 0.3) is 0 Å². The molecule has 2 aromatic heterocycles. The van der Waals surface area contributed by atoms with Gasteiger partial charge in [0.05, 0.1) is 21.1 Å². The van der Waals surface area contributed by atoms with Crippen molar-refractivity contribution >= 4 is 50.9 Å². The molecule has 12 heteroatoms. The van der Waals surface area contributed by atoms with E-state index in [1.165, 1.54) is 11.7 Å². The SMILES string of the molecule is Cn1nc(C(F)(F)F)cc1C(=O)Nc1nn(Cc2ccc(Cl)c(Cl)c2)cc1Br. The van der Waals surface area contributed by atoms with E-state index in [2.05, 4.69) is 31.4 Å². The maximum absolute atomic E-state index is 12.8. The predicted molar refractivity (Wildman–Crippen MR) is 102 cm³/mol. The fourth-order valence-electron chi connectivity index (χ4n) is 2.38. The Morgan fingerprint density at radius 2 is 1.93 bits per heavy atom. The number of halogens is 6. The van der Waals surface area contributed by atoms with Crippen molar-refractivity contribution in [3.05, 3.63) is 61.9 Å². The fraction of sp³-hybridized carbons (Fsp3) is 0.188. The first-order chi connectivity index (χ1) is 13.0. The Morgan fingerprint density at radius 3 is 2.54 bits per heavy atom.